The van der Waals surface area contributed by atoms with Crippen LogP contribution in [0.3, 0.4) is 0 Å². The molecule has 0 unspecified atom stereocenters. The van der Waals surface area contributed by atoms with Crippen molar-refractivity contribution in [2.24, 2.45) is 0 Å². The van der Waals surface area contributed by atoms with E-state index in [4.69, 9.17) is 10.00 Å². The summed E-state index contributed by atoms with van der Waals surface area (Å²) in [5, 5.41) is 12.8. The highest BCUT2D eigenvalue weighted by Crippen LogP contribution is 2.16. The molecule has 0 fully saturated rings. The number of nitrogens with one attached hydrogen (secondary N) is 1. The van der Waals surface area contributed by atoms with Crippen molar-refractivity contribution in [3.63, 3.8) is 0 Å². The molecule has 0 aliphatic rings. The van der Waals surface area contributed by atoms with E-state index in [0.717, 1.165) is 0 Å². The molecule has 18 heavy (non-hydrogen) atoms. The lowest BCUT2D eigenvalue weighted by atomic mass is 10.3. The summed E-state index contributed by atoms with van der Waals surface area (Å²) in [6, 6.07) is 8.67. The first-order valence-corrected chi connectivity index (χ1v) is 6.03. The molecular formula is C12H9N3O2S. The maximum absolute atomic E-state index is 11.7. The van der Waals surface area contributed by atoms with Gasteiger partial charge in [0.1, 0.15) is 17.5 Å². The first-order chi connectivity index (χ1) is 8.79. The van der Waals surface area contributed by atoms with E-state index in [1.54, 1.807) is 35.2 Å². The summed E-state index contributed by atoms with van der Waals surface area (Å²) in [6.45, 7) is 0.00449. The average Bonchev–Trinajstić information content (AvgIpc) is 2.92. The summed E-state index contributed by atoms with van der Waals surface area (Å²) < 4.78 is 5.10. The maximum Gasteiger partial charge on any atom is 0.275 e. The van der Waals surface area contributed by atoms with Crippen molar-refractivity contribution in [3.05, 3.63) is 40.8 Å². The lowest BCUT2D eigenvalue weighted by Crippen LogP contribution is -2.11. The minimum Gasteiger partial charge on any atom is -0.479 e. The Balaban J connectivity index is 1.98. The van der Waals surface area contributed by atoms with Crippen LogP contribution in [-0.2, 0) is 0 Å². The van der Waals surface area contributed by atoms with Crippen molar-refractivity contribution in [2.75, 3.05) is 11.9 Å². The summed E-state index contributed by atoms with van der Waals surface area (Å²) in [5.74, 6) is 0.338. The molecule has 90 valence electrons. The van der Waals surface area contributed by atoms with Crippen LogP contribution in [-0.4, -0.2) is 17.5 Å². The van der Waals surface area contributed by atoms with Crippen molar-refractivity contribution in [1.29, 1.82) is 5.26 Å². The van der Waals surface area contributed by atoms with E-state index in [1.165, 1.54) is 11.3 Å². The van der Waals surface area contributed by atoms with Crippen LogP contribution in [0, 0.1) is 11.3 Å². The number of carbonyl (C=O) groups is 1. The standard InChI is InChI=1S/C12H9N3O2S/c13-5-6-17-10-3-1-9(2-4-10)15-12(16)11-7-18-8-14-11/h1-4,7-8H,6H2,(H,15,16). The third kappa shape index (κ3) is 3.06. The topological polar surface area (TPSA) is 75.0 Å². The summed E-state index contributed by atoms with van der Waals surface area (Å²) in [6.07, 6.45) is 0. The number of amides is 1. The summed E-state index contributed by atoms with van der Waals surface area (Å²) in [4.78, 5) is 15.6. The molecule has 0 radical (unpaired) electrons. The second-order valence-corrected chi connectivity index (χ2v) is 4.02. The van der Waals surface area contributed by atoms with Gasteiger partial charge in [-0.25, -0.2) is 4.98 Å². The number of aromatic nitrogens is 1. The molecule has 0 bridgehead atoms. The molecule has 1 aromatic heterocycles. The van der Waals surface area contributed by atoms with Crippen LogP contribution in [0.2, 0.25) is 0 Å². The molecule has 1 amide bonds. The monoisotopic (exact) mass is 259 g/mol. The van der Waals surface area contributed by atoms with Gasteiger partial charge in [-0.05, 0) is 24.3 Å². The number of hydrogen-bond donors (Lipinski definition) is 1. The van der Waals surface area contributed by atoms with Crippen LogP contribution in [0.15, 0.2) is 35.2 Å². The molecule has 0 spiro atoms. The molecule has 1 heterocycles. The van der Waals surface area contributed by atoms with Crippen LogP contribution >= 0.6 is 11.3 Å². The van der Waals surface area contributed by atoms with Gasteiger partial charge in [0, 0.05) is 11.1 Å². The molecule has 5 nitrogen and oxygen atoms in total. The predicted octanol–water partition coefficient (Wildman–Crippen LogP) is 2.30. The second kappa shape index (κ2) is 5.80. The lowest BCUT2D eigenvalue weighted by molar-refractivity contribution is 0.102. The Morgan fingerprint density at radius 3 is 2.83 bits per heavy atom. The first kappa shape index (κ1) is 12.1. The van der Waals surface area contributed by atoms with Crippen LogP contribution < -0.4 is 10.1 Å². The maximum atomic E-state index is 11.7. The van der Waals surface area contributed by atoms with Gasteiger partial charge in [-0.2, -0.15) is 5.26 Å². The van der Waals surface area contributed by atoms with Crippen molar-refractivity contribution < 1.29 is 9.53 Å². The SMILES string of the molecule is N#CCOc1ccc(NC(=O)c2cscn2)cc1. The van der Waals surface area contributed by atoms with E-state index in [-0.39, 0.29) is 12.5 Å². The summed E-state index contributed by atoms with van der Waals surface area (Å²) >= 11 is 1.37. The van der Waals surface area contributed by atoms with E-state index in [1.807, 2.05) is 6.07 Å². The highest BCUT2D eigenvalue weighted by Gasteiger charge is 2.07. The third-order valence-electron chi connectivity index (χ3n) is 2.08. The number of benzene rings is 1. The number of anilines is 1. The van der Waals surface area contributed by atoms with Gasteiger partial charge in [-0.15, -0.1) is 11.3 Å². The Morgan fingerprint density at radius 2 is 2.22 bits per heavy atom. The van der Waals surface area contributed by atoms with Crippen LogP contribution in [0.1, 0.15) is 10.5 Å². The van der Waals surface area contributed by atoms with Gasteiger partial charge in [-0.3, -0.25) is 4.79 Å². The van der Waals surface area contributed by atoms with E-state index in [2.05, 4.69) is 10.3 Å². The molecule has 0 aliphatic carbocycles. The van der Waals surface area contributed by atoms with Gasteiger partial charge in [-0.1, -0.05) is 0 Å². The molecule has 6 heteroatoms. The van der Waals surface area contributed by atoms with Gasteiger partial charge in [0.05, 0.1) is 5.51 Å². The van der Waals surface area contributed by atoms with Gasteiger partial charge in [0.25, 0.3) is 5.91 Å². The fourth-order valence-electron chi connectivity index (χ4n) is 1.27. The van der Waals surface area contributed by atoms with Crippen molar-refractivity contribution in [3.8, 4) is 11.8 Å². The van der Waals surface area contributed by atoms with E-state index in [9.17, 15) is 4.79 Å². The van der Waals surface area contributed by atoms with Gasteiger partial charge in [0.2, 0.25) is 0 Å². The smallest absolute Gasteiger partial charge is 0.275 e. The quantitative estimate of drug-likeness (QED) is 0.914. The number of thiazole rings is 1. The molecule has 0 saturated carbocycles. The molecular weight excluding hydrogens is 250 g/mol. The van der Waals surface area contributed by atoms with Crippen molar-refractivity contribution >= 4 is 22.9 Å². The second-order valence-electron chi connectivity index (χ2n) is 3.30. The fourth-order valence-corrected chi connectivity index (χ4v) is 1.80. The van der Waals surface area contributed by atoms with Crippen molar-refractivity contribution in [2.45, 2.75) is 0 Å². The lowest BCUT2D eigenvalue weighted by Gasteiger charge is -2.05. The number of nitrogens with zero attached hydrogens (tertiary/aromatic N) is 2. The van der Waals surface area contributed by atoms with E-state index < -0.39 is 0 Å². The Morgan fingerprint density at radius 1 is 1.44 bits per heavy atom. The minimum atomic E-state index is -0.248. The normalized spacial score (nSPS) is 9.50. The summed E-state index contributed by atoms with van der Waals surface area (Å²) in [7, 11) is 0. The van der Waals surface area contributed by atoms with E-state index in [0.29, 0.717) is 17.1 Å². The molecule has 1 N–H and O–H groups in total. The van der Waals surface area contributed by atoms with Gasteiger partial charge in [0.15, 0.2) is 6.61 Å². The van der Waals surface area contributed by atoms with Crippen LogP contribution in [0.25, 0.3) is 0 Å². The Labute approximate surface area is 108 Å². The van der Waals surface area contributed by atoms with Crippen LogP contribution in [0.4, 0.5) is 5.69 Å². The number of rotatable bonds is 4. The van der Waals surface area contributed by atoms with Gasteiger partial charge < -0.3 is 10.1 Å². The zero-order valence-corrected chi connectivity index (χ0v) is 10.1. The highest BCUT2D eigenvalue weighted by atomic mass is 32.1. The molecule has 1 aromatic carbocycles. The molecule has 0 aliphatic heterocycles. The number of nitriles is 1. The first-order valence-electron chi connectivity index (χ1n) is 5.09. The third-order valence-corrected chi connectivity index (χ3v) is 2.67. The predicted molar refractivity (Wildman–Crippen MR) is 67.6 cm³/mol. The van der Waals surface area contributed by atoms with Crippen LogP contribution in [0.5, 0.6) is 5.75 Å². The Hall–Kier alpha value is -2.39. The van der Waals surface area contributed by atoms with Crippen molar-refractivity contribution in [1.82, 2.24) is 4.98 Å². The summed E-state index contributed by atoms with van der Waals surface area (Å²) in [5.41, 5.74) is 2.65. The largest absolute Gasteiger partial charge is 0.479 e. The number of carbonyl (C=O) groups excluding carboxylic acids is 1. The number of hydrogen-bond acceptors (Lipinski definition) is 5. The molecule has 2 aromatic rings. The fraction of sp³-hybridized carbons (Fsp3) is 0.0833. The zero-order chi connectivity index (χ0) is 12.8. The number of ether oxygens (including phenoxy) is 1. The Kier molecular flexibility index (Phi) is 3.89. The zero-order valence-electron chi connectivity index (χ0n) is 9.29. The Bertz CT molecular complexity index is 558. The van der Waals surface area contributed by atoms with Gasteiger partial charge >= 0.3 is 0 Å². The molecule has 0 atom stereocenters. The minimum absolute atomic E-state index is 0.00449. The molecule has 0 saturated heterocycles. The average molecular weight is 259 g/mol. The molecule has 2 rings (SSSR count). The highest BCUT2D eigenvalue weighted by molar-refractivity contribution is 7.07. The van der Waals surface area contributed by atoms with E-state index >= 15 is 0 Å².